The predicted octanol–water partition coefficient (Wildman–Crippen LogP) is 5.36. The summed E-state index contributed by atoms with van der Waals surface area (Å²) in [5.74, 6) is -0.0687. The van der Waals surface area contributed by atoms with Gasteiger partial charge in [0.1, 0.15) is 0 Å². The number of pyridine rings is 1. The van der Waals surface area contributed by atoms with Crippen LogP contribution in [-0.4, -0.2) is 32.6 Å². The number of nitrogens with zero attached hydrogens (tertiary/aromatic N) is 4. The first kappa shape index (κ1) is 19.7. The van der Waals surface area contributed by atoms with Gasteiger partial charge >= 0.3 is 0 Å². The molecule has 2 aromatic heterocycles. The minimum absolute atomic E-state index is 0.0687. The van der Waals surface area contributed by atoms with Crippen molar-refractivity contribution < 1.29 is 4.79 Å². The van der Waals surface area contributed by atoms with Crippen molar-refractivity contribution >= 4 is 16.8 Å². The molecule has 0 atom stereocenters. The average Bonchev–Trinajstić information content (AvgIpc) is 3.28. The standard InChI is InChI=1S/C27H22N4O/c1-30(27(32)24-16-8-12-21-13-9-17-28-26(21)24)18-22-19-31(23-14-6-3-7-15-23)29-25(22)20-10-4-2-5-11-20/h2-17,19H,18H2,1H3. The third kappa shape index (κ3) is 3.76. The van der Waals surface area contributed by atoms with E-state index in [4.69, 9.17) is 5.10 Å². The van der Waals surface area contributed by atoms with Gasteiger partial charge in [-0.25, -0.2) is 4.68 Å². The molecule has 5 aromatic rings. The van der Waals surface area contributed by atoms with Crippen molar-refractivity contribution in [2.24, 2.45) is 0 Å². The van der Waals surface area contributed by atoms with E-state index in [9.17, 15) is 4.79 Å². The van der Waals surface area contributed by atoms with Gasteiger partial charge in [0.05, 0.1) is 22.5 Å². The number of rotatable bonds is 5. The van der Waals surface area contributed by atoms with Crippen LogP contribution in [-0.2, 0) is 6.54 Å². The van der Waals surface area contributed by atoms with Crippen molar-refractivity contribution in [1.82, 2.24) is 19.7 Å². The third-order valence-corrected chi connectivity index (χ3v) is 5.48. The Bertz CT molecular complexity index is 1370. The Balaban J connectivity index is 1.51. The molecule has 0 aliphatic carbocycles. The number of benzene rings is 3. The fourth-order valence-electron chi connectivity index (χ4n) is 3.89. The molecule has 0 radical (unpaired) electrons. The maximum atomic E-state index is 13.3. The number of fused-ring (bicyclic) bond motifs is 1. The van der Waals surface area contributed by atoms with Crippen LogP contribution in [0.25, 0.3) is 27.8 Å². The van der Waals surface area contributed by atoms with Crippen LogP contribution in [0.15, 0.2) is 103 Å². The van der Waals surface area contributed by atoms with E-state index in [0.29, 0.717) is 12.1 Å². The fraction of sp³-hybridized carbons (Fsp3) is 0.0741. The van der Waals surface area contributed by atoms with Gasteiger partial charge in [-0.3, -0.25) is 9.78 Å². The van der Waals surface area contributed by atoms with Gasteiger partial charge in [-0.15, -0.1) is 0 Å². The molecule has 5 heteroatoms. The second-order valence-electron chi connectivity index (χ2n) is 7.69. The van der Waals surface area contributed by atoms with Gasteiger partial charge < -0.3 is 4.90 Å². The van der Waals surface area contributed by atoms with Crippen LogP contribution in [0.3, 0.4) is 0 Å². The van der Waals surface area contributed by atoms with Gasteiger partial charge in [0, 0.05) is 42.5 Å². The summed E-state index contributed by atoms with van der Waals surface area (Å²) in [5.41, 5.74) is 5.15. The van der Waals surface area contributed by atoms with Crippen molar-refractivity contribution in [2.45, 2.75) is 6.54 Å². The van der Waals surface area contributed by atoms with E-state index in [-0.39, 0.29) is 5.91 Å². The van der Waals surface area contributed by atoms with Crippen LogP contribution >= 0.6 is 0 Å². The summed E-state index contributed by atoms with van der Waals surface area (Å²) in [5, 5.41) is 5.80. The first-order chi connectivity index (χ1) is 15.7. The van der Waals surface area contributed by atoms with Gasteiger partial charge in [0.15, 0.2) is 0 Å². The highest BCUT2D eigenvalue weighted by Gasteiger charge is 2.19. The van der Waals surface area contributed by atoms with Crippen LogP contribution < -0.4 is 0 Å². The molecule has 0 spiro atoms. The van der Waals surface area contributed by atoms with Crippen molar-refractivity contribution in [3.8, 4) is 16.9 Å². The maximum absolute atomic E-state index is 13.3. The first-order valence-corrected chi connectivity index (χ1v) is 10.5. The zero-order valence-electron chi connectivity index (χ0n) is 17.7. The number of carbonyl (C=O) groups is 1. The van der Waals surface area contributed by atoms with Crippen molar-refractivity contribution in [2.75, 3.05) is 7.05 Å². The van der Waals surface area contributed by atoms with E-state index in [2.05, 4.69) is 4.98 Å². The molecular weight excluding hydrogens is 396 g/mol. The Labute approximate surface area is 186 Å². The van der Waals surface area contributed by atoms with Crippen LogP contribution in [0, 0.1) is 0 Å². The molecule has 2 heterocycles. The van der Waals surface area contributed by atoms with E-state index in [1.807, 2.05) is 109 Å². The smallest absolute Gasteiger partial charge is 0.256 e. The van der Waals surface area contributed by atoms with Crippen LogP contribution in [0.2, 0.25) is 0 Å². The van der Waals surface area contributed by atoms with Crippen LogP contribution in [0.4, 0.5) is 0 Å². The molecule has 0 bridgehead atoms. The second kappa shape index (κ2) is 8.47. The van der Waals surface area contributed by atoms with E-state index in [1.165, 1.54) is 0 Å². The van der Waals surface area contributed by atoms with Gasteiger partial charge in [-0.05, 0) is 24.3 Å². The molecule has 0 aliphatic heterocycles. The number of para-hydroxylation sites is 2. The number of amides is 1. The van der Waals surface area contributed by atoms with Gasteiger partial charge in [-0.1, -0.05) is 66.7 Å². The van der Waals surface area contributed by atoms with Crippen molar-refractivity contribution in [3.63, 3.8) is 0 Å². The Kier molecular flexibility index (Phi) is 5.22. The Morgan fingerprint density at radius 3 is 2.38 bits per heavy atom. The Morgan fingerprint density at radius 2 is 1.59 bits per heavy atom. The quantitative estimate of drug-likeness (QED) is 0.386. The topological polar surface area (TPSA) is 51.0 Å². The molecule has 156 valence electrons. The van der Waals surface area contributed by atoms with E-state index >= 15 is 0 Å². The molecule has 5 nitrogen and oxygen atoms in total. The zero-order valence-corrected chi connectivity index (χ0v) is 17.7. The molecule has 0 saturated carbocycles. The van der Waals surface area contributed by atoms with Gasteiger partial charge in [0.2, 0.25) is 0 Å². The summed E-state index contributed by atoms with van der Waals surface area (Å²) in [7, 11) is 1.82. The minimum Gasteiger partial charge on any atom is -0.337 e. The predicted molar refractivity (Wildman–Crippen MR) is 127 cm³/mol. The van der Waals surface area contributed by atoms with E-state index in [0.717, 1.165) is 33.4 Å². The van der Waals surface area contributed by atoms with Gasteiger partial charge in [0.25, 0.3) is 5.91 Å². The molecule has 0 unspecified atom stereocenters. The molecular formula is C27H22N4O. The molecule has 3 aromatic carbocycles. The van der Waals surface area contributed by atoms with E-state index < -0.39 is 0 Å². The maximum Gasteiger partial charge on any atom is 0.256 e. The molecule has 5 rings (SSSR count). The van der Waals surface area contributed by atoms with Crippen LogP contribution in [0.5, 0.6) is 0 Å². The summed E-state index contributed by atoms with van der Waals surface area (Å²) < 4.78 is 1.87. The summed E-state index contributed by atoms with van der Waals surface area (Å²) in [6, 6.07) is 29.6. The lowest BCUT2D eigenvalue weighted by Gasteiger charge is -2.18. The summed E-state index contributed by atoms with van der Waals surface area (Å²) in [6.07, 6.45) is 3.72. The lowest BCUT2D eigenvalue weighted by Crippen LogP contribution is -2.26. The van der Waals surface area contributed by atoms with Crippen molar-refractivity contribution in [1.29, 1.82) is 0 Å². The lowest BCUT2D eigenvalue weighted by molar-refractivity contribution is 0.0787. The Morgan fingerprint density at radius 1 is 0.875 bits per heavy atom. The molecule has 0 aliphatic rings. The highest BCUT2D eigenvalue weighted by Crippen LogP contribution is 2.26. The molecule has 32 heavy (non-hydrogen) atoms. The fourth-order valence-corrected chi connectivity index (χ4v) is 3.89. The van der Waals surface area contributed by atoms with E-state index in [1.54, 1.807) is 11.1 Å². The number of hydrogen-bond donors (Lipinski definition) is 0. The Hall–Kier alpha value is -4.25. The SMILES string of the molecule is CN(Cc1cn(-c2ccccc2)nc1-c1ccccc1)C(=O)c1cccc2cccnc12. The van der Waals surface area contributed by atoms with Crippen LogP contribution in [0.1, 0.15) is 15.9 Å². The molecule has 0 N–H and O–H groups in total. The minimum atomic E-state index is -0.0687. The largest absolute Gasteiger partial charge is 0.337 e. The monoisotopic (exact) mass is 418 g/mol. The number of hydrogen-bond acceptors (Lipinski definition) is 3. The first-order valence-electron chi connectivity index (χ1n) is 10.5. The summed E-state index contributed by atoms with van der Waals surface area (Å²) in [6.45, 7) is 0.430. The summed E-state index contributed by atoms with van der Waals surface area (Å²) in [4.78, 5) is 19.5. The number of aromatic nitrogens is 3. The molecule has 1 amide bonds. The molecule has 0 fully saturated rings. The second-order valence-corrected chi connectivity index (χ2v) is 7.69. The average molecular weight is 419 g/mol. The zero-order chi connectivity index (χ0) is 21.9. The highest BCUT2D eigenvalue weighted by atomic mass is 16.2. The summed E-state index contributed by atoms with van der Waals surface area (Å²) >= 11 is 0. The highest BCUT2D eigenvalue weighted by molar-refractivity contribution is 6.05. The van der Waals surface area contributed by atoms with Gasteiger partial charge in [-0.2, -0.15) is 5.10 Å². The lowest BCUT2D eigenvalue weighted by atomic mass is 10.1. The van der Waals surface area contributed by atoms with Crippen molar-refractivity contribution in [3.05, 3.63) is 115 Å². The number of carbonyl (C=O) groups excluding carboxylic acids is 1. The third-order valence-electron chi connectivity index (χ3n) is 5.48. The molecule has 0 saturated heterocycles. The normalized spacial score (nSPS) is 10.9.